The van der Waals surface area contributed by atoms with Crippen LogP contribution in [-0.4, -0.2) is 16.0 Å². The van der Waals surface area contributed by atoms with E-state index in [9.17, 15) is 9.59 Å². The van der Waals surface area contributed by atoms with E-state index in [0.29, 0.717) is 35.6 Å². The van der Waals surface area contributed by atoms with Crippen molar-refractivity contribution in [3.63, 3.8) is 0 Å². The van der Waals surface area contributed by atoms with Gasteiger partial charge < -0.3 is 14.2 Å². The molecule has 0 amide bonds. The molecule has 3 aromatic heterocycles. The monoisotopic (exact) mass is 351 g/mol. The molecule has 0 saturated carbocycles. The van der Waals surface area contributed by atoms with Crippen molar-refractivity contribution in [1.82, 2.24) is 10.2 Å². The topological polar surface area (TPSA) is 104 Å². The number of aromatic amines is 2. The van der Waals surface area contributed by atoms with Gasteiger partial charge in [-0.2, -0.15) is 0 Å². The Labute approximate surface area is 148 Å². The van der Waals surface area contributed by atoms with Crippen LogP contribution in [0, 0.1) is 6.92 Å². The highest BCUT2D eigenvalue weighted by molar-refractivity contribution is 6.01. The molecule has 2 aliphatic rings. The molecule has 26 heavy (non-hydrogen) atoms. The maximum Gasteiger partial charge on any atom is 0.270 e. The molecule has 7 nitrogen and oxygen atoms in total. The van der Waals surface area contributed by atoms with E-state index in [1.807, 2.05) is 31.2 Å². The van der Waals surface area contributed by atoms with Gasteiger partial charge in [-0.15, -0.1) is 0 Å². The van der Waals surface area contributed by atoms with Crippen LogP contribution in [0.3, 0.4) is 0 Å². The molecule has 132 valence electrons. The number of Topliss-reactive ketones (excluding diaryl/α,β-unsaturated/α-hetero) is 1. The van der Waals surface area contributed by atoms with Crippen LogP contribution in [-0.2, 0) is 4.79 Å². The zero-order valence-corrected chi connectivity index (χ0v) is 14.1. The van der Waals surface area contributed by atoms with Gasteiger partial charge in [0.25, 0.3) is 5.56 Å². The molecule has 1 aliphatic carbocycles. The number of rotatable bonds is 2. The summed E-state index contributed by atoms with van der Waals surface area (Å²) in [6.45, 7) is 1.85. The first-order valence-corrected chi connectivity index (χ1v) is 8.55. The van der Waals surface area contributed by atoms with E-state index in [2.05, 4.69) is 15.5 Å². The number of allylic oxidation sites excluding steroid dienone is 2. The summed E-state index contributed by atoms with van der Waals surface area (Å²) in [5.41, 5.74) is 1.66. The normalized spacial score (nSPS) is 22.1. The molecule has 0 bridgehead atoms. The van der Waals surface area contributed by atoms with Crippen LogP contribution in [0.4, 0.5) is 5.82 Å². The highest BCUT2D eigenvalue weighted by Gasteiger charge is 2.42. The fourth-order valence-corrected chi connectivity index (χ4v) is 4.04. The van der Waals surface area contributed by atoms with Gasteiger partial charge in [-0.25, -0.2) is 0 Å². The molecule has 5 rings (SSSR count). The number of aromatic nitrogens is 2. The van der Waals surface area contributed by atoms with Crippen molar-refractivity contribution < 1.29 is 13.6 Å². The first-order valence-electron chi connectivity index (χ1n) is 8.55. The molecular formula is C19H17N3O4. The van der Waals surface area contributed by atoms with Gasteiger partial charge >= 0.3 is 0 Å². The van der Waals surface area contributed by atoms with E-state index in [4.69, 9.17) is 8.83 Å². The summed E-state index contributed by atoms with van der Waals surface area (Å²) < 4.78 is 11.3. The number of hydrogen-bond donors (Lipinski definition) is 3. The molecule has 2 atom stereocenters. The summed E-state index contributed by atoms with van der Waals surface area (Å²) in [6.07, 6.45) is 2.60. The number of aryl methyl sites for hydroxylation is 1. The van der Waals surface area contributed by atoms with Gasteiger partial charge in [0.15, 0.2) is 5.78 Å². The summed E-state index contributed by atoms with van der Waals surface area (Å²) >= 11 is 0. The van der Waals surface area contributed by atoms with Gasteiger partial charge in [0, 0.05) is 23.6 Å². The second-order valence-corrected chi connectivity index (χ2v) is 6.81. The van der Waals surface area contributed by atoms with Crippen LogP contribution in [0.25, 0.3) is 0 Å². The molecule has 7 heteroatoms. The zero-order chi connectivity index (χ0) is 17.8. The zero-order valence-electron chi connectivity index (χ0n) is 14.1. The van der Waals surface area contributed by atoms with Crippen LogP contribution in [0.1, 0.15) is 47.5 Å². The number of hydrogen-bond acceptors (Lipinski definition) is 5. The minimum atomic E-state index is -0.505. The number of fused-ring (bicyclic) bond motifs is 1. The Morgan fingerprint density at radius 3 is 2.69 bits per heavy atom. The molecule has 0 spiro atoms. The molecule has 0 aromatic carbocycles. The van der Waals surface area contributed by atoms with Gasteiger partial charge in [-0.1, -0.05) is 0 Å². The predicted octanol–water partition coefficient (Wildman–Crippen LogP) is 3.16. The Bertz CT molecular complexity index is 1080. The van der Waals surface area contributed by atoms with Crippen LogP contribution >= 0.6 is 0 Å². The van der Waals surface area contributed by atoms with Crippen LogP contribution in [0.5, 0.6) is 0 Å². The lowest BCUT2D eigenvalue weighted by molar-refractivity contribution is -0.116. The second kappa shape index (κ2) is 5.39. The third kappa shape index (κ3) is 2.13. The molecule has 1 aliphatic heterocycles. The van der Waals surface area contributed by atoms with Crippen molar-refractivity contribution in [2.75, 3.05) is 5.32 Å². The summed E-state index contributed by atoms with van der Waals surface area (Å²) in [4.78, 5) is 25.4. The summed E-state index contributed by atoms with van der Waals surface area (Å²) in [5.74, 6) is 2.21. The van der Waals surface area contributed by atoms with Gasteiger partial charge in [0.05, 0.1) is 17.7 Å². The molecule has 0 radical (unpaired) electrons. The third-order valence-corrected chi connectivity index (χ3v) is 5.17. The number of anilines is 1. The molecule has 3 N–H and O–H groups in total. The molecule has 4 heterocycles. The number of carbonyl (C=O) groups excluding carboxylic acids is 1. The Morgan fingerprint density at radius 2 is 1.96 bits per heavy atom. The molecule has 3 aromatic rings. The van der Waals surface area contributed by atoms with Gasteiger partial charge in [-0.3, -0.25) is 19.8 Å². The molecular weight excluding hydrogens is 334 g/mol. The van der Waals surface area contributed by atoms with Gasteiger partial charge in [0.2, 0.25) is 0 Å². The fourth-order valence-electron chi connectivity index (χ4n) is 4.04. The lowest BCUT2D eigenvalue weighted by atomic mass is 9.75. The van der Waals surface area contributed by atoms with E-state index < -0.39 is 5.92 Å². The number of furan rings is 2. The maximum absolute atomic E-state index is 13.1. The first-order chi connectivity index (χ1) is 12.6. The van der Waals surface area contributed by atoms with Crippen molar-refractivity contribution in [2.24, 2.45) is 0 Å². The third-order valence-electron chi connectivity index (χ3n) is 5.17. The largest absolute Gasteiger partial charge is 0.469 e. The molecule has 0 unspecified atom stereocenters. The van der Waals surface area contributed by atoms with Crippen molar-refractivity contribution >= 4 is 11.6 Å². The average Bonchev–Trinajstić information content (AvgIpc) is 3.35. The molecule has 0 fully saturated rings. The molecule has 0 saturated heterocycles. The van der Waals surface area contributed by atoms with Crippen molar-refractivity contribution in [2.45, 2.75) is 31.6 Å². The van der Waals surface area contributed by atoms with E-state index in [1.54, 1.807) is 6.26 Å². The minimum Gasteiger partial charge on any atom is -0.469 e. The SMILES string of the molecule is Cc1ccc([C@H]2C3=C(C[C@H](c4ccco4)CC3=O)Nc3[nH][nH]c(=O)c32)o1. The Balaban J connectivity index is 1.66. The van der Waals surface area contributed by atoms with Gasteiger partial charge in [-0.05, 0) is 37.6 Å². The first kappa shape index (κ1) is 15.1. The van der Waals surface area contributed by atoms with E-state index in [1.165, 1.54) is 0 Å². The number of H-pyrrole nitrogens is 2. The van der Waals surface area contributed by atoms with Crippen molar-refractivity contribution in [3.05, 3.63) is 75.0 Å². The second-order valence-electron chi connectivity index (χ2n) is 6.81. The van der Waals surface area contributed by atoms with Gasteiger partial charge in [0.1, 0.15) is 23.1 Å². The van der Waals surface area contributed by atoms with Crippen molar-refractivity contribution in [1.29, 1.82) is 0 Å². The number of nitrogens with one attached hydrogen (secondary N) is 3. The average molecular weight is 351 g/mol. The van der Waals surface area contributed by atoms with Crippen LogP contribution < -0.4 is 10.9 Å². The van der Waals surface area contributed by atoms with E-state index >= 15 is 0 Å². The quantitative estimate of drug-likeness (QED) is 0.658. The standard InChI is InChI=1S/C19H17N3O4/c1-9-4-5-14(26-9)16-15-11(20-18-17(16)19(24)22-21-18)7-10(8-12(15)23)13-3-2-6-25-13/h2-6,10,16H,7-8H2,1H3,(H3,20,21,22,24)/t10-,16-/m0/s1. The fraction of sp³-hybridized carbons (Fsp3) is 0.263. The van der Waals surface area contributed by atoms with Crippen LogP contribution in [0.2, 0.25) is 0 Å². The lowest BCUT2D eigenvalue weighted by Crippen LogP contribution is -2.31. The van der Waals surface area contributed by atoms with E-state index in [0.717, 1.165) is 17.2 Å². The Hall–Kier alpha value is -3.22. The predicted molar refractivity (Wildman–Crippen MR) is 93.0 cm³/mol. The Morgan fingerprint density at radius 1 is 1.08 bits per heavy atom. The maximum atomic E-state index is 13.1. The lowest BCUT2D eigenvalue weighted by Gasteiger charge is -2.32. The number of ketones is 1. The van der Waals surface area contributed by atoms with Crippen LogP contribution in [0.15, 0.2) is 55.4 Å². The van der Waals surface area contributed by atoms with E-state index in [-0.39, 0.29) is 17.3 Å². The summed E-state index contributed by atoms with van der Waals surface area (Å²) in [6, 6.07) is 7.40. The highest BCUT2D eigenvalue weighted by atomic mass is 16.3. The minimum absolute atomic E-state index is 0.00505. The summed E-state index contributed by atoms with van der Waals surface area (Å²) in [5, 5.41) is 8.72. The summed E-state index contributed by atoms with van der Waals surface area (Å²) in [7, 11) is 0. The Kier molecular flexibility index (Phi) is 3.12. The smallest absolute Gasteiger partial charge is 0.270 e. The number of carbonyl (C=O) groups is 1. The highest BCUT2D eigenvalue weighted by Crippen LogP contribution is 2.46. The van der Waals surface area contributed by atoms with Crippen molar-refractivity contribution in [3.8, 4) is 0 Å².